The van der Waals surface area contributed by atoms with Gasteiger partial charge in [0, 0.05) is 36.3 Å². The Bertz CT molecular complexity index is 1000. The molecule has 0 aliphatic carbocycles. The van der Waals surface area contributed by atoms with Crippen LogP contribution in [0.4, 0.5) is 0 Å². The zero-order chi connectivity index (χ0) is 22.4. The quantitative estimate of drug-likeness (QED) is 0.625. The van der Waals surface area contributed by atoms with Crippen LogP contribution in [0.3, 0.4) is 0 Å². The van der Waals surface area contributed by atoms with Gasteiger partial charge in [-0.05, 0) is 55.3 Å². The molecule has 1 aliphatic rings. The van der Waals surface area contributed by atoms with Crippen molar-refractivity contribution < 1.29 is 17.9 Å². The van der Waals surface area contributed by atoms with Gasteiger partial charge in [0.25, 0.3) is 5.91 Å². The Balaban J connectivity index is 1.73. The molecule has 0 unspecified atom stereocenters. The number of rotatable bonds is 8. The average molecular weight is 466 g/mol. The Morgan fingerprint density at radius 3 is 2.45 bits per heavy atom. The summed E-state index contributed by atoms with van der Waals surface area (Å²) in [5, 5.41) is 3.60. The number of halogens is 1. The van der Waals surface area contributed by atoms with Gasteiger partial charge < -0.3 is 15.0 Å². The molecule has 2 N–H and O–H groups in total. The van der Waals surface area contributed by atoms with E-state index in [0.29, 0.717) is 5.02 Å². The van der Waals surface area contributed by atoms with E-state index in [1.807, 2.05) is 0 Å². The van der Waals surface area contributed by atoms with Gasteiger partial charge >= 0.3 is 0 Å². The summed E-state index contributed by atoms with van der Waals surface area (Å²) in [6, 6.07) is 11.4. The fourth-order valence-corrected chi connectivity index (χ4v) is 4.89. The molecule has 0 aromatic heterocycles. The minimum atomic E-state index is -3.91. The zero-order valence-corrected chi connectivity index (χ0v) is 19.3. The zero-order valence-electron chi connectivity index (χ0n) is 17.7. The maximum absolute atomic E-state index is 12.9. The molecule has 1 aliphatic heterocycles. The first-order chi connectivity index (χ1) is 14.8. The largest absolute Gasteiger partial charge is 0.495 e. The molecule has 7 nitrogen and oxygen atoms in total. The number of sulfonamides is 1. The lowest BCUT2D eigenvalue weighted by Crippen LogP contribution is -2.44. The summed E-state index contributed by atoms with van der Waals surface area (Å²) in [4.78, 5) is 15.0. The van der Waals surface area contributed by atoms with Crippen LogP contribution in [0.15, 0.2) is 47.4 Å². The van der Waals surface area contributed by atoms with E-state index in [1.165, 1.54) is 19.2 Å². The lowest BCUT2D eigenvalue weighted by atomic mass is 10.0. The Morgan fingerprint density at radius 2 is 1.84 bits per heavy atom. The number of nitrogens with zero attached hydrogens (tertiary/aromatic N) is 1. The van der Waals surface area contributed by atoms with E-state index in [-0.39, 0.29) is 34.7 Å². The predicted molar refractivity (Wildman–Crippen MR) is 121 cm³/mol. The molecule has 0 bridgehead atoms. The van der Waals surface area contributed by atoms with Crippen LogP contribution in [0, 0.1) is 0 Å². The van der Waals surface area contributed by atoms with Crippen molar-refractivity contribution >= 4 is 27.5 Å². The third-order valence-electron chi connectivity index (χ3n) is 5.46. The molecule has 9 heteroatoms. The molecule has 1 heterocycles. The van der Waals surface area contributed by atoms with Crippen molar-refractivity contribution in [1.29, 1.82) is 0 Å². The minimum Gasteiger partial charge on any atom is -0.495 e. The number of carbonyl (C=O) groups is 1. The van der Waals surface area contributed by atoms with E-state index in [0.717, 1.165) is 38.0 Å². The first-order valence-electron chi connectivity index (χ1n) is 10.3. The molecule has 0 atom stereocenters. The van der Waals surface area contributed by atoms with Crippen molar-refractivity contribution in [1.82, 2.24) is 14.9 Å². The summed E-state index contributed by atoms with van der Waals surface area (Å²) < 4.78 is 33.7. The van der Waals surface area contributed by atoms with Gasteiger partial charge in [0.05, 0.1) is 7.11 Å². The maximum Gasteiger partial charge on any atom is 0.251 e. The monoisotopic (exact) mass is 465 g/mol. The molecule has 1 amide bonds. The number of ether oxygens (including phenoxy) is 1. The summed E-state index contributed by atoms with van der Waals surface area (Å²) in [7, 11) is -2.51. The van der Waals surface area contributed by atoms with Crippen molar-refractivity contribution in [2.75, 3.05) is 26.7 Å². The van der Waals surface area contributed by atoms with Crippen LogP contribution in [0.5, 0.6) is 5.75 Å². The van der Waals surface area contributed by atoms with Gasteiger partial charge in [0.1, 0.15) is 10.6 Å². The highest BCUT2D eigenvalue weighted by Gasteiger charge is 2.24. The second kappa shape index (κ2) is 10.5. The van der Waals surface area contributed by atoms with Crippen molar-refractivity contribution in [3.8, 4) is 5.75 Å². The molecule has 1 saturated heterocycles. The molecule has 2 aromatic carbocycles. The summed E-state index contributed by atoms with van der Waals surface area (Å²) >= 11 is 5.87. The fourth-order valence-electron chi connectivity index (χ4n) is 3.55. The van der Waals surface area contributed by atoms with E-state index in [2.05, 4.69) is 21.9 Å². The Morgan fingerprint density at radius 1 is 1.16 bits per heavy atom. The number of piperidine rings is 1. The number of hydrogen-bond donors (Lipinski definition) is 2. The number of benzene rings is 2. The smallest absolute Gasteiger partial charge is 0.251 e. The molecule has 1 fully saturated rings. The van der Waals surface area contributed by atoms with Gasteiger partial charge in [-0.1, -0.05) is 30.7 Å². The van der Waals surface area contributed by atoms with Crippen LogP contribution in [0.1, 0.15) is 35.7 Å². The number of carbonyl (C=O) groups excluding carboxylic acids is 1. The SMILES string of the molecule is CCN1CCC(NC(=O)c2ccc(OC)c(S(=O)(=O)NCc3ccc(Cl)cc3)c2)CC1. The van der Waals surface area contributed by atoms with E-state index in [1.54, 1.807) is 30.3 Å². The fraction of sp³-hybridized carbons (Fsp3) is 0.409. The highest BCUT2D eigenvalue weighted by molar-refractivity contribution is 7.89. The number of hydrogen-bond acceptors (Lipinski definition) is 5. The third kappa shape index (κ3) is 6.20. The molecular weight excluding hydrogens is 438 g/mol. The topological polar surface area (TPSA) is 87.7 Å². The van der Waals surface area contributed by atoms with Crippen LogP contribution in [0.25, 0.3) is 0 Å². The van der Waals surface area contributed by atoms with Crippen LogP contribution in [-0.2, 0) is 16.6 Å². The van der Waals surface area contributed by atoms with Crippen LogP contribution in [0.2, 0.25) is 5.02 Å². The number of likely N-dealkylation sites (tertiary alicyclic amines) is 1. The van der Waals surface area contributed by atoms with Crippen LogP contribution >= 0.6 is 11.6 Å². The lowest BCUT2D eigenvalue weighted by Gasteiger charge is -2.31. The second-order valence-corrected chi connectivity index (χ2v) is 9.67. The van der Waals surface area contributed by atoms with Crippen molar-refractivity contribution in [2.24, 2.45) is 0 Å². The van der Waals surface area contributed by atoms with E-state index in [9.17, 15) is 13.2 Å². The molecule has 2 aromatic rings. The highest BCUT2D eigenvalue weighted by Crippen LogP contribution is 2.25. The van der Waals surface area contributed by atoms with Gasteiger partial charge in [-0.25, -0.2) is 13.1 Å². The molecule has 0 saturated carbocycles. The summed E-state index contributed by atoms with van der Waals surface area (Å²) in [5.74, 6) is -0.108. The van der Waals surface area contributed by atoms with Gasteiger partial charge in [-0.2, -0.15) is 0 Å². The average Bonchev–Trinajstić information content (AvgIpc) is 2.78. The first kappa shape index (κ1) is 23.5. The van der Waals surface area contributed by atoms with Gasteiger partial charge in [0.2, 0.25) is 10.0 Å². The molecular formula is C22H28ClN3O4S. The maximum atomic E-state index is 12.9. The Labute approximate surface area is 188 Å². The lowest BCUT2D eigenvalue weighted by molar-refractivity contribution is 0.0912. The Hall–Kier alpha value is -2.13. The minimum absolute atomic E-state index is 0.0718. The van der Waals surface area contributed by atoms with Crippen molar-refractivity contribution in [3.05, 3.63) is 58.6 Å². The highest BCUT2D eigenvalue weighted by atomic mass is 35.5. The van der Waals surface area contributed by atoms with Gasteiger partial charge in [0.15, 0.2) is 0 Å². The van der Waals surface area contributed by atoms with Gasteiger partial charge in [-0.3, -0.25) is 4.79 Å². The summed E-state index contributed by atoms with van der Waals surface area (Å²) in [6.45, 7) is 5.11. The first-order valence-corrected chi connectivity index (χ1v) is 12.1. The van der Waals surface area contributed by atoms with Crippen molar-refractivity contribution in [2.45, 2.75) is 37.2 Å². The third-order valence-corrected chi connectivity index (χ3v) is 7.14. The predicted octanol–water partition coefficient (Wildman–Crippen LogP) is 3.04. The summed E-state index contributed by atoms with van der Waals surface area (Å²) in [5.41, 5.74) is 1.05. The molecule has 0 radical (unpaired) electrons. The van der Waals surface area contributed by atoms with Crippen LogP contribution in [-0.4, -0.2) is 52.0 Å². The number of amides is 1. The molecule has 168 valence electrons. The summed E-state index contributed by atoms with van der Waals surface area (Å²) in [6.07, 6.45) is 1.76. The van der Waals surface area contributed by atoms with Crippen molar-refractivity contribution in [3.63, 3.8) is 0 Å². The Kier molecular flexibility index (Phi) is 7.94. The normalized spacial score (nSPS) is 15.6. The van der Waals surface area contributed by atoms with E-state index >= 15 is 0 Å². The van der Waals surface area contributed by atoms with E-state index < -0.39 is 10.0 Å². The standard InChI is InChI=1S/C22H28ClN3O4S/c1-3-26-12-10-19(11-13-26)25-22(27)17-6-9-20(30-2)21(14-17)31(28,29)24-15-16-4-7-18(23)8-5-16/h4-9,14,19,24H,3,10-13,15H2,1-2H3,(H,25,27). The molecule has 31 heavy (non-hydrogen) atoms. The van der Waals surface area contributed by atoms with E-state index in [4.69, 9.17) is 16.3 Å². The number of nitrogens with one attached hydrogen (secondary N) is 2. The molecule has 0 spiro atoms. The van der Waals surface area contributed by atoms with Gasteiger partial charge in [-0.15, -0.1) is 0 Å². The number of methoxy groups -OCH3 is 1. The molecule has 3 rings (SSSR count). The second-order valence-electron chi connectivity index (χ2n) is 7.50. The van der Waals surface area contributed by atoms with Crippen LogP contribution < -0.4 is 14.8 Å².